The number of amides is 1. The molecular weight excluding hydrogens is 349 g/mol. The van der Waals surface area contributed by atoms with Crippen molar-refractivity contribution in [3.8, 4) is 17.2 Å². The largest absolute Gasteiger partial charge is 0.496 e. The Balaban J connectivity index is 2.15. The summed E-state index contributed by atoms with van der Waals surface area (Å²) in [5.41, 5.74) is 11.7. The van der Waals surface area contributed by atoms with Crippen LogP contribution in [0.2, 0.25) is 5.02 Å². The maximum Gasteiger partial charge on any atom is 0.252 e. The number of hydrogen-bond acceptors (Lipinski definition) is 5. The van der Waals surface area contributed by atoms with Crippen LogP contribution in [0.3, 0.4) is 0 Å². The third-order valence-corrected chi connectivity index (χ3v) is 3.89. The summed E-state index contributed by atoms with van der Waals surface area (Å²) >= 11 is 5.91. The lowest BCUT2D eigenvalue weighted by molar-refractivity contribution is 0.0997. The molecule has 0 bridgehead atoms. The number of carbonyl (C=O) groups is 1. The van der Waals surface area contributed by atoms with E-state index in [0.717, 1.165) is 6.07 Å². The van der Waals surface area contributed by atoms with Crippen molar-refractivity contribution in [2.75, 3.05) is 12.8 Å². The first-order valence-electron chi connectivity index (χ1n) is 7.09. The number of rotatable bonds is 4. The van der Waals surface area contributed by atoms with Crippen molar-refractivity contribution in [3.63, 3.8) is 0 Å². The molecule has 25 heavy (non-hydrogen) atoms. The highest BCUT2D eigenvalue weighted by Crippen LogP contribution is 2.36. The molecule has 0 fully saturated rings. The number of halogens is 2. The fourth-order valence-corrected chi connectivity index (χ4v) is 2.49. The zero-order chi connectivity index (χ0) is 18.1. The Morgan fingerprint density at radius 1 is 1.20 bits per heavy atom. The minimum atomic E-state index is -0.671. The summed E-state index contributed by atoms with van der Waals surface area (Å²) in [4.78, 5) is 15.8. The van der Waals surface area contributed by atoms with E-state index in [-0.39, 0.29) is 33.5 Å². The molecule has 128 valence electrons. The number of benzene rings is 2. The minimum Gasteiger partial charge on any atom is -0.496 e. The van der Waals surface area contributed by atoms with Crippen LogP contribution in [0.5, 0.6) is 17.2 Å². The van der Waals surface area contributed by atoms with Gasteiger partial charge in [0.05, 0.1) is 28.9 Å². The van der Waals surface area contributed by atoms with Crippen LogP contribution in [0.4, 0.5) is 10.1 Å². The third-order valence-electron chi connectivity index (χ3n) is 3.56. The second-order valence-corrected chi connectivity index (χ2v) is 5.56. The zero-order valence-corrected chi connectivity index (χ0v) is 13.8. The summed E-state index contributed by atoms with van der Waals surface area (Å²) in [5, 5.41) is 0.624. The Morgan fingerprint density at radius 2 is 1.96 bits per heavy atom. The molecule has 0 saturated heterocycles. The minimum absolute atomic E-state index is 0.104. The number of anilines is 1. The van der Waals surface area contributed by atoms with Gasteiger partial charge in [0.25, 0.3) is 5.91 Å². The number of ether oxygens (including phenoxy) is 2. The van der Waals surface area contributed by atoms with Gasteiger partial charge in [0.15, 0.2) is 11.6 Å². The van der Waals surface area contributed by atoms with E-state index in [9.17, 15) is 9.18 Å². The number of nitrogen functional groups attached to an aromatic ring is 1. The fraction of sp³-hybridized carbons (Fsp3) is 0.0588. The van der Waals surface area contributed by atoms with Crippen LogP contribution in [-0.2, 0) is 0 Å². The van der Waals surface area contributed by atoms with Crippen molar-refractivity contribution >= 4 is 34.1 Å². The molecule has 2 aromatic carbocycles. The molecule has 0 saturated carbocycles. The van der Waals surface area contributed by atoms with Gasteiger partial charge in [0.2, 0.25) is 0 Å². The molecule has 8 heteroatoms. The Bertz CT molecular complexity index is 995. The quantitative estimate of drug-likeness (QED) is 0.692. The predicted molar refractivity (Wildman–Crippen MR) is 92.7 cm³/mol. The summed E-state index contributed by atoms with van der Waals surface area (Å²) in [6, 6.07) is 6.91. The summed E-state index contributed by atoms with van der Waals surface area (Å²) in [6.07, 6.45) is 1.48. The van der Waals surface area contributed by atoms with Gasteiger partial charge in [-0.2, -0.15) is 0 Å². The molecule has 6 nitrogen and oxygen atoms in total. The first-order valence-corrected chi connectivity index (χ1v) is 7.47. The molecule has 1 amide bonds. The average Bonchev–Trinajstić information content (AvgIpc) is 2.58. The number of nitrogens with two attached hydrogens (primary N) is 2. The Labute approximate surface area is 147 Å². The SMILES string of the molecule is COc1cc2nccc(Oc3cc(Cl)c(N)cc3F)c2cc1C(N)=O. The molecule has 0 aliphatic carbocycles. The van der Waals surface area contributed by atoms with Crippen LogP contribution in [0.1, 0.15) is 10.4 Å². The van der Waals surface area contributed by atoms with Gasteiger partial charge in [-0.1, -0.05) is 11.6 Å². The van der Waals surface area contributed by atoms with Crippen LogP contribution in [-0.4, -0.2) is 18.0 Å². The molecule has 3 rings (SSSR count). The van der Waals surface area contributed by atoms with Crippen molar-refractivity contribution in [2.24, 2.45) is 5.73 Å². The summed E-state index contributed by atoms with van der Waals surface area (Å²) < 4.78 is 24.8. The van der Waals surface area contributed by atoms with Crippen molar-refractivity contribution in [3.05, 3.63) is 52.9 Å². The molecule has 0 unspecified atom stereocenters. The number of primary amides is 1. The number of carbonyl (C=O) groups excluding carboxylic acids is 1. The highest BCUT2D eigenvalue weighted by atomic mass is 35.5. The average molecular weight is 362 g/mol. The second-order valence-electron chi connectivity index (χ2n) is 5.15. The lowest BCUT2D eigenvalue weighted by Gasteiger charge is -2.12. The predicted octanol–water partition coefficient (Wildman–Crippen LogP) is 3.51. The Hall–Kier alpha value is -3.06. The van der Waals surface area contributed by atoms with Gasteiger partial charge in [-0.15, -0.1) is 0 Å². The van der Waals surface area contributed by atoms with Gasteiger partial charge in [-0.25, -0.2) is 4.39 Å². The van der Waals surface area contributed by atoms with Crippen LogP contribution < -0.4 is 20.9 Å². The normalized spacial score (nSPS) is 10.7. The molecule has 3 aromatic rings. The number of pyridine rings is 1. The molecule has 0 spiro atoms. The number of hydrogen-bond donors (Lipinski definition) is 2. The molecule has 1 aromatic heterocycles. The van der Waals surface area contributed by atoms with E-state index in [1.54, 1.807) is 6.07 Å². The van der Waals surface area contributed by atoms with Gasteiger partial charge >= 0.3 is 0 Å². The van der Waals surface area contributed by atoms with Crippen molar-refractivity contribution in [2.45, 2.75) is 0 Å². The van der Waals surface area contributed by atoms with Crippen LogP contribution in [0.15, 0.2) is 36.5 Å². The van der Waals surface area contributed by atoms with Crippen LogP contribution in [0, 0.1) is 5.82 Å². The first-order chi connectivity index (χ1) is 11.9. The van der Waals surface area contributed by atoms with Gasteiger partial charge in [-0.3, -0.25) is 9.78 Å². The standard InChI is InChI=1S/C17H13ClFN3O3/c1-24-15-7-13-8(4-9(15)17(21)23)14(2-3-22-13)25-16-5-10(18)12(20)6-11(16)19/h2-7H,20H2,1H3,(H2,21,23). The molecule has 0 atom stereocenters. The Morgan fingerprint density at radius 3 is 2.64 bits per heavy atom. The first kappa shape index (κ1) is 16.8. The van der Waals surface area contributed by atoms with Gasteiger partial charge < -0.3 is 20.9 Å². The summed E-state index contributed by atoms with van der Waals surface area (Å²) in [6.45, 7) is 0. The van der Waals surface area contributed by atoms with Crippen LogP contribution >= 0.6 is 11.6 Å². The monoisotopic (exact) mass is 361 g/mol. The van der Waals surface area contributed by atoms with Gasteiger partial charge in [0, 0.05) is 29.8 Å². The van der Waals surface area contributed by atoms with E-state index < -0.39 is 11.7 Å². The molecule has 0 aliphatic rings. The lowest BCUT2D eigenvalue weighted by Crippen LogP contribution is -2.12. The second kappa shape index (κ2) is 6.45. The maximum atomic E-state index is 14.1. The van der Waals surface area contributed by atoms with E-state index >= 15 is 0 Å². The van der Waals surface area contributed by atoms with Crippen molar-refractivity contribution in [1.29, 1.82) is 0 Å². The third kappa shape index (κ3) is 3.14. The molecular formula is C17H13ClFN3O3. The van der Waals surface area contributed by atoms with Crippen molar-refractivity contribution in [1.82, 2.24) is 4.98 Å². The van der Waals surface area contributed by atoms with Crippen LogP contribution in [0.25, 0.3) is 10.9 Å². The smallest absolute Gasteiger partial charge is 0.252 e. The highest BCUT2D eigenvalue weighted by molar-refractivity contribution is 6.33. The molecule has 0 aliphatic heterocycles. The molecule has 0 radical (unpaired) electrons. The van der Waals surface area contributed by atoms with E-state index in [1.165, 1.54) is 31.5 Å². The Kier molecular flexibility index (Phi) is 4.33. The molecule has 1 heterocycles. The van der Waals surface area contributed by atoms with Gasteiger partial charge in [-0.05, 0) is 12.1 Å². The summed E-state index contributed by atoms with van der Waals surface area (Å²) in [5.74, 6) is -0.893. The fourth-order valence-electron chi connectivity index (χ4n) is 2.34. The molecule has 4 N–H and O–H groups in total. The number of nitrogens with zero attached hydrogens (tertiary/aromatic N) is 1. The lowest BCUT2D eigenvalue weighted by atomic mass is 10.1. The number of aromatic nitrogens is 1. The highest BCUT2D eigenvalue weighted by Gasteiger charge is 2.16. The maximum absolute atomic E-state index is 14.1. The zero-order valence-electron chi connectivity index (χ0n) is 13.0. The van der Waals surface area contributed by atoms with Crippen molar-refractivity contribution < 1.29 is 18.7 Å². The number of fused-ring (bicyclic) bond motifs is 1. The van der Waals surface area contributed by atoms with E-state index in [2.05, 4.69) is 4.98 Å². The topological polar surface area (TPSA) is 100 Å². The van der Waals surface area contributed by atoms with E-state index in [0.29, 0.717) is 10.9 Å². The number of methoxy groups -OCH3 is 1. The van der Waals surface area contributed by atoms with E-state index in [1.807, 2.05) is 0 Å². The summed E-state index contributed by atoms with van der Waals surface area (Å²) in [7, 11) is 1.42. The van der Waals surface area contributed by atoms with Gasteiger partial charge in [0.1, 0.15) is 11.5 Å². The van der Waals surface area contributed by atoms with E-state index in [4.69, 9.17) is 32.5 Å².